The van der Waals surface area contributed by atoms with E-state index in [-0.39, 0.29) is 18.7 Å². The third-order valence-electron chi connectivity index (χ3n) is 7.80. The minimum atomic E-state index is -0.463. The number of H-pyrrole nitrogens is 1. The van der Waals surface area contributed by atoms with Crippen LogP contribution in [-0.4, -0.2) is 53.2 Å². The second kappa shape index (κ2) is 7.18. The standard InChI is InChI=1S/C23H31N7O2/c1-12-5-18(29-28-12)24-20-17-3-4-30(13(2)11-31)21(17)27-22(26-20)25-19-15-6-14-7-16(19)10-23(32,8-14)9-15/h3-5,13-16,19,31-32H,6-11H2,1-2H3,(H3,24,25,26,27,28,29). The fourth-order valence-corrected chi connectivity index (χ4v) is 6.61. The molecular weight excluding hydrogens is 406 g/mol. The van der Waals surface area contributed by atoms with Gasteiger partial charge < -0.3 is 25.4 Å². The normalized spacial score (nSPS) is 31.9. The second-order valence-corrected chi connectivity index (χ2v) is 10.3. The Bertz CT molecular complexity index is 1140. The topological polar surface area (TPSA) is 124 Å². The molecule has 4 bridgehead atoms. The molecule has 3 heterocycles. The molecule has 9 nitrogen and oxygen atoms in total. The van der Waals surface area contributed by atoms with E-state index in [2.05, 4.69) is 20.8 Å². The van der Waals surface area contributed by atoms with Gasteiger partial charge in [-0.25, -0.2) is 0 Å². The molecule has 3 aromatic rings. The second-order valence-electron chi connectivity index (χ2n) is 10.3. The average molecular weight is 438 g/mol. The molecule has 0 aromatic carbocycles. The highest BCUT2D eigenvalue weighted by Crippen LogP contribution is 2.56. The first-order valence-electron chi connectivity index (χ1n) is 11.7. The molecule has 170 valence electrons. The number of aromatic nitrogens is 5. The summed E-state index contributed by atoms with van der Waals surface area (Å²) in [6, 6.07) is 4.10. The zero-order valence-corrected chi connectivity index (χ0v) is 18.5. The number of aromatic amines is 1. The van der Waals surface area contributed by atoms with Crippen LogP contribution in [-0.2, 0) is 0 Å². The van der Waals surface area contributed by atoms with Crippen LogP contribution >= 0.6 is 0 Å². The van der Waals surface area contributed by atoms with Crippen molar-refractivity contribution in [1.29, 1.82) is 0 Å². The molecule has 4 saturated carbocycles. The van der Waals surface area contributed by atoms with Crippen LogP contribution in [0.2, 0.25) is 0 Å². The Morgan fingerprint density at radius 2 is 2.03 bits per heavy atom. The van der Waals surface area contributed by atoms with Crippen LogP contribution in [0.25, 0.3) is 11.0 Å². The Morgan fingerprint density at radius 3 is 2.69 bits per heavy atom. The van der Waals surface area contributed by atoms with Crippen LogP contribution in [0, 0.1) is 24.7 Å². The molecule has 0 spiro atoms. The molecule has 0 amide bonds. The van der Waals surface area contributed by atoms with Gasteiger partial charge >= 0.3 is 0 Å². The first-order valence-corrected chi connectivity index (χ1v) is 11.7. The minimum Gasteiger partial charge on any atom is -0.394 e. The van der Waals surface area contributed by atoms with E-state index in [9.17, 15) is 10.2 Å². The predicted octanol–water partition coefficient (Wildman–Crippen LogP) is 3.11. The molecular formula is C23H31N7O2. The Labute approximate surface area is 186 Å². The number of nitrogens with zero attached hydrogens (tertiary/aromatic N) is 4. The van der Waals surface area contributed by atoms with Crippen molar-refractivity contribution in [2.24, 2.45) is 17.8 Å². The number of aliphatic hydroxyl groups is 2. The van der Waals surface area contributed by atoms with Crippen molar-refractivity contribution in [3.63, 3.8) is 0 Å². The van der Waals surface area contributed by atoms with Gasteiger partial charge in [-0.2, -0.15) is 15.1 Å². The van der Waals surface area contributed by atoms with Gasteiger partial charge in [-0.1, -0.05) is 0 Å². The molecule has 5 N–H and O–H groups in total. The van der Waals surface area contributed by atoms with E-state index in [1.54, 1.807) is 0 Å². The predicted molar refractivity (Wildman–Crippen MR) is 122 cm³/mol. The summed E-state index contributed by atoms with van der Waals surface area (Å²) in [6.07, 6.45) is 7.01. The third-order valence-corrected chi connectivity index (χ3v) is 7.80. The van der Waals surface area contributed by atoms with Crippen LogP contribution < -0.4 is 10.6 Å². The number of fused-ring (bicyclic) bond motifs is 1. The average Bonchev–Trinajstić information content (AvgIpc) is 3.35. The highest BCUT2D eigenvalue weighted by Gasteiger charge is 2.54. The van der Waals surface area contributed by atoms with Crippen LogP contribution in [0.4, 0.5) is 17.6 Å². The Balaban J connectivity index is 1.37. The fourth-order valence-electron chi connectivity index (χ4n) is 6.61. The first-order chi connectivity index (χ1) is 15.4. The molecule has 0 radical (unpaired) electrons. The zero-order valence-electron chi connectivity index (χ0n) is 18.5. The first kappa shape index (κ1) is 20.0. The highest BCUT2D eigenvalue weighted by molar-refractivity contribution is 5.90. The fraction of sp³-hybridized carbons (Fsp3) is 0.609. The molecule has 3 unspecified atom stereocenters. The van der Waals surface area contributed by atoms with Gasteiger partial charge in [0.2, 0.25) is 5.95 Å². The van der Waals surface area contributed by atoms with E-state index in [0.717, 1.165) is 36.0 Å². The summed E-state index contributed by atoms with van der Waals surface area (Å²) < 4.78 is 1.99. The van der Waals surface area contributed by atoms with Crippen molar-refractivity contribution in [2.75, 3.05) is 17.2 Å². The number of aliphatic hydroxyl groups excluding tert-OH is 1. The number of anilines is 3. The van der Waals surface area contributed by atoms with Crippen molar-refractivity contribution in [1.82, 2.24) is 24.7 Å². The van der Waals surface area contributed by atoms with Gasteiger partial charge in [-0.15, -0.1) is 0 Å². The summed E-state index contributed by atoms with van der Waals surface area (Å²) in [7, 11) is 0. The van der Waals surface area contributed by atoms with Crippen molar-refractivity contribution in [3.05, 3.63) is 24.0 Å². The molecule has 3 aromatic heterocycles. The number of hydrogen-bond donors (Lipinski definition) is 5. The lowest BCUT2D eigenvalue weighted by molar-refractivity contribution is -0.129. The zero-order chi connectivity index (χ0) is 22.0. The number of rotatable bonds is 6. The summed E-state index contributed by atoms with van der Waals surface area (Å²) in [5, 5.41) is 35.8. The lowest BCUT2D eigenvalue weighted by Gasteiger charge is -2.58. The van der Waals surface area contributed by atoms with Gasteiger partial charge in [0.15, 0.2) is 5.82 Å². The molecule has 4 fully saturated rings. The van der Waals surface area contributed by atoms with Gasteiger partial charge in [0.25, 0.3) is 0 Å². The van der Waals surface area contributed by atoms with Gasteiger partial charge in [0.05, 0.1) is 23.6 Å². The van der Waals surface area contributed by atoms with Crippen molar-refractivity contribution >= 4 is 28.6 Å². The summed E-state index contributed by atoms with van der Waals surface area (Å²) in [5.74, 6) is 3.55. The lowest BCUT2D eigenvalue weighted by Crippen LogP contribution is -2.59. The molecule has 32 heavy (non-hydrogen) atoms. The van der Waals surface area contributed by atoms with E-state index in [1.165, 1.54) is 12.8 Å². The Kier molecular flexibility index (Phi) is 4.49. The molecule has 0 aliphatic heterocycles. The van der Waals surface area contributed by atoms with Crippen molar-refractivity contribution < 1.29 is 10.2 Å². The Morgan fingerprint density at radius 1 is 1.25 bits per heavy atom. The van der Waals surface area contributed by atoms with Gasteiger partial charge in [0, 0.05) is 24.0 Å². The van der Waals surface area contributed by atoms with Gasteiger partial charge in [-0.05, 0) is 69.8 Å². The Hall–Kier alpha value is -2.65. The van der Waals surface area contributed by atoms with Crippen LogP contribution in [0.3, 0.4) is 0 Å². The third kappa shape index (κ3) is 3.26. The van der Waals surface area contributed by atoms with E-state index >= 15 is 0 Å². The van der Waals surface area contributed by atoms with Crippen LogP contribution in [0.5, 0.6) is 0 Å². The number of aryl methyl sites for hydroxylation is 1. The maximum absolute atomic E-state index is 10.9. The summed E-state index contributed by atoms with van der Waals surface area (Å²) in [6.45, 7) is 3.96. The SMILES string of the molecule is Cc1cc(Nc2nc(NC3C4CC5CC3CC(O)(C5)C4)nc3c2ccn3C(C)CO)n[nH]1. The monoisotopic (exact) mass is 437 g/mol. The molecule has 7 rings (SSSR count). The number of nitrogens with one attached hydrogen (secondary N) is 3. The van der Waals surface area contributed by atoms with E-state index in [1.807, 2.05) is 36.7 Å². The molecule has 4 aliphatic rings. The van der Waals surface area contributed by atoms with Crippen LogP contribution in [0.15, 0.2) is 18.3 Å². The van der Waals surface area contributed by atoms with Crippen molar-refractivity contribution in [2.45, 2.75) is 63.6 Å². The van der Waals surface area contributed by atoms with Gasteiger partial charge in [-0.3, -0.25) is 5.10 Å². The number of hydrogen-bond acceptors (Lipinski definition) is 7. The maximum atomic E-state index is 10.9. The largest absolute Gasteiger partial charge is 0.394 e. The summed E-state index contributed by atoms with van der Waals surface area (Å²) in [4.78, 5) is 9.73. The summed E-state index contributed by atoms with van der Waals surface area (Å²) >= 11 is 0. The lowest BCUT2D eigenvalue weighted by atomic mass is 9.52. The highest BCUT2D eigenvalue weighted by atomic mass is 16.3. The quantitative estimate of drug-likeness (QED) is 0.401. The van der Waals surface area contributed by atoms with Crippen LogP contribution in [0.1, 0.15) is 50.8 Å². The smallest absolute Gasteiger partial charge is 0.226 e. The summed E-state index contributed by atoms with van der Waals surface area (Å²) in [5.41, 5.74) is 1.28. The maximum Gasteiger partial charge on any atom is 0.226 e. The van der Waals surface area contributed by atoms with Crippen molar-refractivity contribution in [3.8, 4) is 0 Å². The van der Waals surface area contributed by atoms with E-state index in [4.69, 9.17) is 9.97 Å². The van der Waals surface area contributed by atoms with E-state index < -0.39 is 5.60 Å². The molecule has 9 heteroatoms. The van der Waals surface area contributed by atoms with Gasteiger partial charge in [0.1, 0.15) is 11.5 Å². The van der Waals surface area contributed by atoms with E-state index in [0.29, 0.717) is 35.3 Å². The molecule has 4 aliphatic carbocycles. The molecule has 0 saturated heterocycles. The minimum absolute atomic E-state index is 0.0324. The molecule has 3 atom stereocenters.